The molecule has 0 bridgehead atoms. The van der Waals surface area contributed by atoms with Crippen LogP contribution < -0.4 is 10.2 Å². The lowest BCUT2D eigenvalue weighted by atomic mass is 10.1. The molecule has 24 heavy (non-hydrogen) atoms. The zero-order chi connectivity index (χ0) is 17.3. The predicted molar refractivity (Wildman–Crippen MR) is 96.2 cm³/mol. The van der Waals surface area contributed by atoms with Gasteiger partial charge in [0.25, 0.3) is 0 Å². The number of hydrogen-bond acceptors (Lipinski definition) is 2. The van der Waals surface area contributed by atoms with Crippen molar-refractivity contribution < 1.29 is 9.59 Å². The van der Waals surface area contributed by atoms with E-state index in [1.807, 2.05) is 63.2 Å². The van der Waals surface area contributed by atoms with Crippen molar-refractivity contribution in [2.75, 3.05) is 16.8 Å². The quantitative estimate of drug-likeness (QED) is 0.938. The van der Waals surface area contributed by atoms with Crippen molar-refractivity contribution in [2.45, 2.75) is 27.2 Å². The van der Waals surface area contributed by atoms with Crippen LogP contribution in [0, 0.1) is 26.7 Å². The first kappa shape index (κ1) is 16.2. The number of benzene rings is 2. The summed E-state index contributed by atoms with van der Waals surface area (Å²) in [6.07, 6.45) is 0.255. The topological polar surface area (TPSA) is 49.4 Å². The molecule has 1 aliphatic heterocycles. The molecule has 3 rings (SSSR count). The number of hydrogen-bond donors (Lipinski definition) is 1. The number of carbonyl (C=O) groups excluding carboxylic acids is 2. The fourth-order valence-corrected chi connectivity index (χ4v) is 3.22. The second-order valence-corrected chi connectivity index (χ2v) is 6.45. The lowest BCUT2D eigenvalue weighted by Crippen LogP contribution is -2.28. The number of aryl methyl sites for hydroxylation is 3. The maximum absolute atomic E-state index is 12.6. The van der Waals surface area contributed by atoms with Gasteiger partial charge in [-0.25, -0.2) is 0 Å². The van der Waals surface area contributed by atoms with Gasteiger partial charge in [-0.15, -0.1) is 0 Å². The van der Waals surface area contributed by atoms with Gasteiger partial charge in [0.1, 0.15) is 0 Å². The summed E-state index contributed by atoms with van der Waals surface area (Å²) in [5, 5.41) is 3.01. The van der Waals surface area contributed by atoms with Crippen molar-refractivity contribution in [3.63, 3.8) is 0 Å². The molecule has 124 valence electrons. The summed E-state index contributed by atoms with van der Waals surface area (Å²) in [7, 11) is 0. The third-order valence-electron chi connectivity index (χ3n) is 4.63. The van der Waals surface area contributed by atoms with Gasteiger partial charge in [-0.05, 0) is 43.5 Å². The number of anilines is 2. The van der Waals surface area contributed by atoms with Gasteiger partial charge in [0.2, 0.25) is 11.8 Å². The lowest BCUT2D eigenvalue weighted by molar-refractivity contribution is -0.122. The average Bonchev–Trinajstić information content (AvgIpc) is 2.93. The van der Waals surface area contributed by atoms with Gasteiger partial charge >= 0.3 is 0 Å². The first-order valence-electron chi connectivity index (χ1n) is 8.20. The van der Waals surface area contributed by atoms with Crippen LogP contribution in [0.5, 0.6) is 0 Å². The Balaban J connectivity index is 1.76. The number of rotatable bonds is 3. The van der Waals surface area contributed by atoms with E-state index in [1.54, 1.807) is 4.90 Å². The predicted octanol–water partition coefficient (Wildman–Crippen LogP) is 3.60. The molecule has 0 saturated carbocycles. The van der Waals surface area contributed by atoms with Gasteiger partial charge in [0, 0.05) is 24.3 Å². The van der Waals surface area contributed by atoms with Crippen LogP contribution >= 0.6 is 0 Å². The van der Waals surface area contributed by atoms with Crippen LogP contribution in [0.4, 0.5) is 11.4 Å². The molecule has 1 fully saturated rings. The molecule has 1 saturated heterocycles. The van der Waals surface area contributed by atoms with Crippen molar-refractivity contribution in [3.8, 4) is 0 Å². The highest BCUT2D eigenvalue weighted by Gasteiger charge is 2.35. The van der Waals surface area contributed by atoms with Crippen molar-refractivity contribution in [3.05, 3.63) is 59.2 Å². The first-order valence-corrected chi connectivity index (χ1v) is 8.20. The molecule has 1 aliphatic rings. The van der Waals surface area contributed by atoms with E-state index < -0.39 is 0 Å². The molecule has 0 aromatic heterocycles. The molecule has 2 amide bonds. The highest BCUT2D eigenvalue weighted by atomic mass is 16.2. The maximum Gasteiger partial charge on any atom is 0.229 e. The molecule has 0 unspecified atom stereocenters. The Morgan fingerprint density at radius 1 is 1.00 bits per heavy atom. The standard InChI is InChI=1S/C20H22N2O2/c1-13-7-4-5-10-17(13)22-12-16(11-18(22)23)20(24)21-19-14(2)8-6-9-15(19)3/h4-10,16H,11-12H2,1-3H3,(H,21,24)/t16-/m1/s1. The summed E-state index contributed by atoms with van der Waals surface area (Å²) >= 11 is 0. The molecule has 1 heterocycles. The van der Waals surface area contributed by atoms with E-state index in [4.69, 9.17) is 0 Å². The number of amides is 2. The second-order valence-electron chi connectivity index (χ2n) is 6.45. The molecule has 1 atom stereocenters. The largest absolute Gasteiger partial charge is 0.325 e. The summed E-state index contributed by atoms with van der Waals surface area (Å²) in [5.74, 6) is -0.404. The van der Waals surface area contributed by atoms with Crippen LogP contribution in [0.15, 0.2) is 42.5 Å². The average molecular weight is 322 g/mol. The van der Waals surface area contributed by atoms with Gasteiger partial charge < -0.3 is 10.2 Å². The second kappa shape index (κ2) is 6.48. The van der Waals surface area contributed by atoms with E-state index in [-0.39, 0.29) is 24.2 Å². The summed E-state index contributed by atoms with van der Waals surface area (Å²) in [6, 6.07) is 13.7. The minimum Gasteiger partial charge on any atom is -0.325 e. The SMILES string of the molecule is Cc1ccccc1N1C[C@H](C(=O)Nc2c(C)cccc2C)CC1=O. The van der Waals surface area contributed by atoms with E-state index in [9.17, 15) is 9.59 Å². The first-order chi connectivity index (χ1) is 11.5. The molecule has 1 N–H and O–H groups in total. The van der Waals surface area contributed by atoms with E-state index in [0.29, 0.717) is 6.54 Å². The Morgan fingerprint density at radius 3 is 2.29 bits per heavy atom. The molecule has 0 spiro atoms. The van der Waals surface area contributed by atoms with Crippen molar-refractivity contribution in [1.29, 1.82) is 0 Å². The molecular formula is C20H22N2O2. The molecule has 2 aromatic rings. The normalized spacial score (nSPS) is 17.2. The monoisotopic (exact) mass is 322 g/mol. The third kappa shape index (κ3) is 3.04. The third-order valence-corrected chi connectivity index (χ3v) is 4.63. The lowest BCUT2D eigenvalue weighted by Gasteiger charge is -2.19. The molecule has 4 nitrogen and oxygen atoms in total. The number of nitrogens with one attached hydrogen (secondary N) is 1. The smallest absolute Gasteiger partial charge is 0.229 e. The minimum absolute atomic E-state index is 0.00551. The summed E-state index contributed by atoms with van der Waals surface area (Å²) < 4.78 is 0. The van der Waals surface area contributed by atoms with Crippen molar-refractivity contribution in [1.82, 2.24) is 0 Å². The Bertz CT molecular complexity index is 778. The zero-order valence-electron chi connectivity index (χ0n) is 14.3. The van der Waals surface area contributed by atoms with Gasteiger partial charge in [0.15, 0.2) is 0 Å². The van der Waals surface area contributed by atoms with Crippen LogP contribution in [-0.4, -0.2) is 18.4 Å². The van der Waals surface area contributed by atoms with Gasteiger partial charge in [0.05, 0.1) is 5.92 Å². The highest BCUT2D eigenvalue weighted by molar-refractivity contribution is 6.04. The van der Waals surface area contributed by atoms with E-state index >= 15 is 0 Å². The number of nitrogens with zero attached hydrogens (tertiary/aromatic N) is 1. The van der Waals surface area contributed by atoms with Gasteiger partial charge in [-0.3, -0.25) is 9.59 Å². The van der Waals surface area contributed by atoms with Crippen LogP contribution in [0.3, 0.4) is 0 Å². The van der Waals surface area contributed by atoms with Crippen LogP contribution in [0.25, 0.3) is 0 Å². The molecule has 4 heteroatoms. The number of para-hydroxylation sites is 2. The summed E-state index contributed by atoms with van der Waals surface area (Å²) in [6.45, 7) is 6.36. The summed E-state index contributed by atoms with van der Waals surface area (Å²) in [4.78, 5) is 26.7. The summed E-state index contributed by atoms with van der Waals surface area (Å²) in [5.41, 5.74) is 4.85. The van der Waals surface area contributed by atoms with Crippen LogP contribution in [-0.2, 0) is 9.59 Å². The molecule has 0 radical (unpaired) electrons. The fourth-order valence-electron chi connectivity index (χ4n) is 3.22. The number of carbonyl (C=O) groups is 2. The molecule has 0 aliphatic carbocycles. The van der Waals surface area contributed by atoms with Crippen molar-refractivity contribution in [2.24, 2.45) is 5.92 Å². The van der Waals surface area contributed by atoms with Crippen LogP contribution in [0.1, 0.15) is 23.1 Å². The Labute approximate surface area is 142 Å². The molecule has 2 aromatic carbocycles. The van der Waals surface area contributed by atoms with Gasteiger partial charge in [-0.2, -0.15) is 0 Å². The maximum atomic E-state index is 12.6. The highest BCUT2D eigenvalue weighted by Crippen LogP contribution is 2.29. The van der Waals surface area contributed by atoms with E-state index in [0.717, 1.165) is 28.1 Å². The fraction of sp³-hybridized carbons (Fsp3) is 0.300. The van der Waals surface area contributed by atoms with Crippen LogP contribution in [0.2, 0.25) is 0 Å². The molecular weight excluding hydrogens is 300 g/mol. The zero-order valence-corrected chi connectivity index (χ0v) is 14.3. The Morgan fingerprint density at radius 2 is 1.62 bits per heavy atom. The van der Waals surface area contributed by atoms with E-state index in [1.165, 1.54) is 0 Å². The van der Waals surface area contributed by atoms with Crippen molar-refractivity contribution >= 4 is 23.2 Å². The van der Waals surface area contributed by atoms with E-state index in [2.05, 4.69) is 5.32 Å². The minimum atomic E-state index is -0.323. The Hall–Kier alpha value is -2.62. The Kier molecular flexibility index (Phi) is 4.38. The van der Waals surface area contributed by atoms with Gasteiger partial charge in [-0.1, -0.05) is 36.4 Å².